The lowest BCUT2D eigenvalue weighted by Crippen LogP contribution is -2.25. The molecular weight excluding hydrogens is 325 g/mol. The van der Waals surface area contributed by atoms with Crippen molar-refractivity contribution in [2.24, 2.45) is 7.05 Å². The Balaban J connectivity index is 2.08. The van der Waals surface area contributed by atoms with Gasteiger partial charge in [-0.25, -0.2) is 4.39 Å². The van der Waals surface area contributed by atoms with Gasteiger partial charge in [0.05, 0.1) is 5.69 Å². The van der Waals surface area contributed by atoms with Gasteiger partial charge >= 0.3 is 0 Å². The first-order valence-electron chi connectivity index (χ1n) is 6.26. The summed E-state index contributed by atoms with van der Waals surface area (Å²) in [5, 5.41) is 6.91. The smallest absolute Gasteiger partial charge is 0.269 e. The molecule has 2 aromatic rings. The molecule has 1 N–H and O–H groups in total. The van der Waals surface area contributed by atoms with E-state index in [0.717, 1.165) is 16.6 Å². The summed E-state index contributed by atoms with van der Waals surface area (Å²) < 4.78 is 15.9. The van der Waals surface area contributed by atoms with E-state index in [1.54, 1.807) is 25.2 Å². The van der Waals surface area contributed by atoms with Crippen LogP contribution >= 0.6 is 15.9 Å². The molecule has 1 amide bonds. The lowest BCUT2D eigenvalue weighted by Gasteiger charge is -2.07. The Bertz CT molecular complexity index is 639. The van der Waals surface area contributed by atoms with Gasteiger partial charge in [-0.05, 0) is 30.7 Å². The Kier molecular flexibility index (Phi) is 4.54. The number of amides is 1. The minimum atomic E-state index is -0.340. The molecule has 0 radical (unpaired) electrons. The molecule has 2 rings (SSSR count). The van der Waals surface area contributed by atoms with Gasteiger partial charge in [0.1, 0.15) is 11.5 Å². The SMILES string of the molecule is CCc1cc(C(=O)NCc2cc(Br)ccc2F)n(C)n1. The van der Waals surface area contributed by atoms with Crippen molar-refractivity contribution in [3.63, 3.8) is 0 Å². The molecule has 106 valence electrons. The molecule has 0 aliphatic rings. The number of aryl methyl sites for hydroxylation is 2. The Hall–Kier alpha value is -1.69. The van der Waals surface area contributed by atoms with Gasteiger partial charge in [-0.2, -0.15) is 5.10 Å². The average Bonchev–Trinajstić information content (AvgIpc) is 2.81. The molecule has 0 aliphatic heterocycles. The van der Waals surface area contributed by atoms with Crippen LogP contribution in [0.15, 0.2) is 28.7 Å². The van der Waals surface area contributed by atoms with Gasteiger partial charge in [-0.15, -0.1) is 0 Å². The van der Waals surface area contributed by atoms with Crippen LogP contribution in [-0.4, -0.2) is 15.7 Å². The number of halogens is 2. The largest absolute Gasteiger partial charge is 0.347 e. The molecule has 0 fully saturated rings. The van der Waals surface area contributed by atoms with Crippen molar-refractivity contribution >= 4 is 21.8 Å². The molecule has 0 aliphatic carbocycles. The molecule has 1 aromatic heterocycles. The molecule has 1 heterocycles. The van der Waals surface area contributed by atoms with Crippen molar-refractivity contribution in [3.05, 3.63) is 51.5 Å². The van der Waals surface area contributed by atoms with E-state index in [-0.39, 0.29) is 18.3 Å². The number of carbonyl (C=O) groups excluding carboxylic acids is 1. The van der Waals surface area contributed by atoms with Gasteiger partial charge in [0.2, 0.25) is 0 Å². The summed E-state index contributed by atoms with van der Waals surface area (Å²) in [6.07, 6.45) is 0.765. The highest BCUT2D eigenvalue weighted by atomic mass is 79.9. The zero-order valence-corrected chi connectivity index (χ0v) is 12.9. The van der Waals surface area contributed by atoms with Crippen LogP contribution in [-0.2, 0) is 20.0 Å². The Morgan fingerprint density at radius 3 is 2.85 bits per heavy atom. The van der Waals surface area contributed by atoms with Gasteiger partial charge in [0.15, 0.2) is 0 Å². The quantitative estimate of drug-likeness (QED) is 0.930. The highest BCUT2D eigenvalue weighted by molar-refractivity contribution is 9.10. The van der Waals surface area contributed by atoms with Gasteiger partial charge in [0, 0.05) is 23.6 Å². The van der Waals surface area contributed by atoms with Crippen LogP contribution in [0.25, 0.3) is 0 Å². The van der Waals surface area contributed by atoms with Gasteiger partial charge in [-0.1, -0.05) is 22.9 Å². The van der Waals surface area contributed by atoms with E-state index >= 15 is 0 Å². The van der Waals surface area contributed by atoms with Crippen LogP contribution < -0.4 is 5.32 Å². The number of nitrogens with zero attached hydrogens (tertiary/aromatic N) is 2. The summed E-state index contributed by atoms with van der Waals surface area (Å²) in [5.41, 5.74) is 1.76. The van der Waals surface area contributed by atoms with Crippen LogP contribution in [0.4, 0.5) is 4.39 Å². The van der Waals surface area contributed by atoms with E-state index in [0.29, 0.717) is 11.3 Å². The van der Waals surface area contributed by atoms with E-state index < -0.39 is 0 Å². The molecule has 0 saturated carbocycles. The fourth-order valence-corrected chi connectivity index (χ4v) is 2.27. The highest BCUT2D eigenvalue weighted by Crippen LogP contribution is 2.15. The third kappa shape index (κ3) is 3.25. The molecular formula is C14H15BrFN3O. The molecule has 0 bridgehead atoms. The number of hydrogen-bond acceptors (Lipinski definition) is 2. The lowest BCUT2D eigenvalue weighted by atomic mass is 10.2. The maximum Gasteiger partial charge on any atom is 0.269 e. The van der Waals surface area contributed by atoms with E-state index in [2.05, 4.69) is 26.3 Å². The minimum Gasteiger partial charge on any atom is -0.347 e. The van der Waals surface area contributed by atoms with Crippen LogP contribution in [0.1, 0.15) is 28.7 Å². The molecule has 4 nitrogen and oxygen atoms in total. The van der Waals surface area contributed by atoms with Crippen LogP contribution in [0.2, 0.25) is 0 Å². The summed E-state index contributed by atoms with van der Waals surface area (Å²) in [6, 6.07) is 6.38. The summed E-state index contributed by atoms with van der Waals surface area (Å²) in [6.45, 7) is 2.11. The van der Waals surface area contributed by atoms with E-state index in [1.807, 2.05) is 6.92 Å². The second-order valence-corrected chi connectivity index (χ2v) is 5.33. The maximum atomic E-state index is 13.6. The molecule has 0 saturated heterocycles. The molecule has 0 atom stereocenters. The molecule has 0 spiro atoms. The zero-order valence-electron chi connectivity index (χ0n) is 11.3. The van der Waals surface area contributed by atoms with Crippen molar-refractivity contribution in [1.29, 1.82) is 0 Å². The molecule has 20 heavy (non-hydrogen) atoms. The topological polar surface area (TPSA) is 46.9 Å². The number of benzene rings is 1. The van der Waals surface area contributed by atoms with Crippen molar-refractivity contribution in [3.8, 4) is 0 Å². The third-order valence-electron chi connectivity index (χ3n) is 2.97. The van der Waals surface area contributed by atoms with Crippen molar-refractivity contribution in [1.82, 2.24) is 15.1 Å². The lowest BCUT2D eigenvalue weighted by molar-refractivity contribution is 0.0941. The summed E-state index contributed by atoms with van der Waals surface area (Å²) in [4.78, 5) is 12.1. The first-order valence-corrected chi connectivity index (χ1v) is 7.05. The third-order valence-corrected chi connectivity index (χ3v) is 3.47. The number of carbonyl (C=O) groups is 1. The predicted molar refractivity (Wildman–Crippen MR) is 77.9 cm³/mol. The first-order chi connectivity index (χ1) is 9.51. The average molecular weight is 340 g/mol. The second kappa shape index (κ2) is 6.17. The number of aromatic nitrogens is 2. The second-order valence-electron chi connectivity index (χ2n) is 4.42. The van der Waals surface area contributed by atoms with Gasteiger partial charge < -0.3 is 5.32 Å². The highest BCUT2D eigenvalue weighted by Gasteiger charge is 2.13. The maximum absolute atomic E-state index is 13.6. The number of nitrogens with one attached hydrogen (secondary N) is 1. The molecule has 1 aromatic carbocycles. The van der Waals surface area contributed by atoms with E-state index in [1.165, 1.54) is 10.7 Å². The summed E-state index contributed by atoms with van der Waals surface area (Å²) in [7, 11) is 1.72. The van der Waals surface area contributed by atoms with Crippen LogP contribution in [0, 0.1) is 5.82 Å². The fraction of sp³-hybridized carbons (Fsp3) is 0.286. The normalized spacial score (nSPS) is 10.6. The van der Waals surface area contributed by atoms with Crippen molar-refractivity contribution in [2.45, 2.75) is 19.9 Å². The minimum absolute atomic E-state index is 0.136. The van der Waals surface area contributed by atoms with Gasteiger partial charge in [-0.3, -0.25) is 9.48 Å². The first kappa shape index (κ1) is 14.7. The van der Waals surface area contributed by atoms with Crippen molar-refractivity contribution < 1.29 is 9.18 Å². The van der Waals surface area contributed by atoms with Crippen molar-refractivity contribution in [2.75, 3.05) is 0 Å². The fourth-order valence-electron chi connectivity index (χ4n) is 1.86. The number of rotatable bonds is 4. The van der Waals surface area contributed by atoms with E-state index in [9.17, 15) is 9.18 Å². The Morgan fingerprint density at radius 1 is 1.45 bits per heavy atom. The van der Waals surface area contributed by atoms with E-state index in [4.69, 9.17) is 0 Å². The van der Waals surface area contributed by atoms with Gasteiger partial charge in [0.25, 0.3) is 5.91 Å². The van der Waals surface area contributed by atoms with Crippen LogP contribution in [0.5, 0.6) is 0 Å². The zero-order chi connectivity index (χ0) is 14.7. The monoisotopic (exact) mass is 339 g/mol. The summed E-state index contributed by atoms with van der Waals surface area (Å²) in [5.74, 6) is -0.605. The summed E-state index contributed by atoms with van der Waals surface area (Å²) >= 11 is 3.28. The number of hydrogen-bond donors (Lipinski definition) is 1. The molecule has 0 unspecified atom stereocenters. The predicted octanol–water partition coefficient (Wildman–Crippen LogP) is 2.81. The Labute approximate surface area is 125 Å². The Morgan fingerprint density at radius 2 is 2.20 bits per heavy atom. The molecule has 6 heteroatoms. The van der Waals surface area contributed by atoms with Crippen LogP contribution in [0.3, 0.4) is 0 Å². The standard InChI is InChI=1S/C14H15BrFN3O/c1-3-11-7-13(19(2)18-11)14(20)17-8-9-6-10(15)4-5-12(9)16/h4-7H,3,8H2,1-2H3,(H,17,20).